The molecule has 2 aromatic heterocycles. The highest BCUT2D eigenvalue weighted by molar-refractivity contribution is 5.99. The smallest absolute Gasteiger partial charge is 0.255 e. The number of H-pyrrole nitrogens is 1. The van der Waals surface area contributed by atoms with E-state index in [1.54, 1.807) is 6.07 Å². The summed E-state index contributed by atoms with van der Waals surface area (Å²) in [5.74, 6) is 0.467. The van der Waals surface area contributed by atoms with Crippen LogP contribution < -0.4 is 15.4 Å². The van der Waals surface area contributed by atoms with E-state index in [0.29, 0.717) is 36.5 Å². The van der Waals surface area contributed by atoms with Crippen LogP contribution in [-0.2, 0) is 17.6 Å². The fraction of sp³-hybridized carbons (Fsp3) is 0.367. The number of carbonyl (C=O) groups is 1. The Labute approximate surface area is 221 Å². The molecule has 1 amide bonds. The van der Waals surface area contributed by atoms with Crippen LogP contribution in [0.5, 0.6) is 5.75 Å². The van der Waals surface area contributed by atoms with Crippen molar-refractivity contribution in [1.29, 1.82) is 0 Å². The summed E-state index contributed by atoms with van der Waals surface area (Å²) in [5.41, 5.74) is 8.08. The Bertz CT molecular complexity index is 1510. The molecule has 4 aromatic rings. The maximum Gasteiger partial charge on any atom is 0.255 e. The molecule has 0 bridgehead atoms. The Morgan fingerprint density at radius 2 is 1.79 bits per heavy atom. The first-order valence-electron chi connectivity index (χ1n) is 13.6. The van der Waals surface area contributed by atoms with Gasteiger partial charge in [-0.05, 0) is 67.0 Å². The van der Waals surface area contributed by atoms with Crippen molar-refractivity contribution in [2.45, 2.75) is 44.2 Å². The van der Waals surface area contributed by atoms with Crippen molar-refractivity contribution in [2.75, 3.05) is 26.4 Å². The van der Waals surface area contributed by atoms with Gasteiger partial charge in [0, 0.05) is 41.4 Å². The largest absolute Gasteiger partial charge is 0.491 e. The van der Waals surface area contributed by atoms with Crippen LogP contribution in [0.4, 0.5) is 0 Å². The van der Waals surface area contributed by atoms with Crippen LogP contribution >= 0.6 is 0 Å². The number of aromatic amines is 1. The SMILES string of the molecule is O=C1NCCOc2cc(-c3n[nH]c4ncc(-c5ccc6c(c5)CCC(N[C@H]5CCOC5)CC6)cc34)ccc21. The van der Waals surface area contributed by atoms with Crippen molar-refractivity contribution in [2.24, 2.45) is 0 Å². The summed E-state index contributed by atoms with van der Waals surface area (Å²) in [7, 11) is 0. The number of rotatable bonds is 4. The molecular formula is C30H31N5O3. The Balaban J connectivity index is 1.17. The van der Waals surface area contributed by atoms with Gasteiger partial charge in [-0.1, -0.05) is 24.3 Å². The zero-order chi connectivity index (χ0) is 25.5. The number of aryl methyl sites for hydroxylation is 2. The van der Waals surface area contributed by atoms with Crippen LogP contribution in [-0.4, -0.2) is 59.5 Å². The van der Waals surface area contributed by atoms with Crippen molar-refractivity contribution < 1.29 is 14.3 Å². The first-order chi connectivity index (χ1) is 18.7. The molecule has 2 aromatic carbocycles. The van der Waals surface area contributed by atoms with E-state index < -0.39 is 0 Å². The zero-order valence-corrected chi connectivity index (χ0v) is 21.3. The van der Waals surface area contributed by atoms with E-state index in [4.69, 9.17) is 9.47 Å². The number of pyridine rings is 1. The molecule has 1 unspecified atom stereocenters. The molecule has 7 rings (SSSR count). The van der Waals surface area contributed by atoms with E-state index >= 15 is 0 Å². The maximum absolute atomic E-state index is 12.3. The van der Waals surface area contributed by atoms with Gasteiger partial charge in [-0.25, -0.2) is 4.98 Å². The lowest BCUT2D eigenvalue weighted by molar-refractivity contribution is 0.0957. The van der Waals surface area contributed by atoms with Gasteiger partial charge in [0.1, 0.15) is 18.1 Å². The molecule has 2 atom stereocenters. The Morgan fingerprint density at radius 1 is 0.895 bits per heavy atom. The standard InChI is InChI=1S/C30H31N5O3/c36-30-25-8-5-21(15-27(25)38-12-10-31-30)28-26-14-22(16-32-29(26)35-34-28)20-2-1-18-3-6-23(7-4-19(18)13-20)33-24-9-11-37-17-24/h1-2,5,8,13-16,23-24,33H,3-4,6-7,9-12,17H2,(H,31,36)(H,32,34,35)/t23?,24-/m0/s1. The maximum atomic E-state index is 12.3. The topological polar surface area (TPSA) is 101 Å². The second-order valence-corrected chi connectivity index (χ2v) is 10.5. The molecule has 3 N–H and O–H groups in total. The highest BCUT2D eigenvalue weighted by Crippen LogP contribution is 2.34. The predicted molar refractivity (Wildman–Crippen MR) is 145 cm³/mol. The number of carbonyl (C=O) groups excluding carboxylic acids is 1. The highest BCUT2D eigenvalue weighted by Gasteiger charge is 2.23. The second kappa shape index (κ2) is 9.85. The average Bonchev–Trinajstić information content (AvgIpc) is 3.52. The number of ether oxygens (including phenoxy) is 2. The van der Waals surface area contributed by atoms with Gasteiger partial charge in [0.25, 0.3) is 5.91 Å². The number of nitrogens with zero attached hydrogens (tertiary/aromatic N) is 2. The highest BCUT2D eigenvalue weighted by atomic mass is 16.5. The summed E-state index contributed by atoms with van der Waals surface area (Å²) in [6.45, 7) is 2.66. The quantitative estimate of drug-likeness (QED) is 0.359. The Kier molecular flexibility index (Phi) is 6.06. The summed E-state index contributed by atoms with van der Waals surface area (Å²) >= 11 is 0. The number of aromatic nitrogens is 3. The van der Waals surface area contributed by atoms with Crippen LogP contribution in [0.3, 0.4) is 0 Å². The third-order valence-corrected chi connectivity index (χ3v) is 8.03. The number of hydrogen-bond donors (Lipinski definition) is 3. The molecule has 0 saturated carbocycles. The van der Waals surface area contributed by atoms with Gasteiger partial charge in [-0.2, -0.15) is 5.10 Å². The van der Waals surface area contributed by atoms with E-state index in [1.165, 1.54) is 23.1 Å². The first kappa shape index (κ1) is 23.4. The van der Waals surface area contributed by atoms with Gasteiger partial charge in [0.2, 0.25) is 0 Å². The van der Waals surface area contributed by atoms with E-state index in [9.17, 15) is 4.79 Å². The molecule has 194 valence electrons. The fourth-order valence-electron chi connectivity index (χ4n) is 5.93. The second-order valence-electron chi connectivity index (χ2n) is 10.5. The van der Waals surface area contributed by atoms with Crippen molar-refractivity contribution in [1.82, 2.24) is 25.8 Å². The lowest BCUT2D eigenvalue weighted by Crippen LogP contribution is -2.38. The molecule has 0 radical (unpaired) electrons. The molecule has 1 fully saturated rings. The Morgan fingerprint density at radius 3 is 2.68 bits per heavy atom. The van der Waals surface area contributed by atoms with Crippen LogP contribution in [0.25, 0.3) is 33.4 Å². The third-order valence-electron chi connectivity index (χ3n) is 8.03. The van der Waals surface area contributed by atoms with Crippen molar-refractivity contribution in [3.8, 4) is 28.1 Å². The predicted octanol–water partition coefficient (Wildman–Crippen LogP) is 4.04. The van der Waals surface area contributed by atoms with Crippen LogP contribution in [0.1, 0.15) is 40.7 Å². The molecule has 4 heterocycles. The molecule has 3 aliphatic rings. The molecule has 38 heavy (non-hydrogen) atoms. The third kappa shape index (κ3) is 4.44. The van der Waals surface area contributed by atoms with Gasteiger partial charge >= 0.3 is 0 Å². The summed E-state index contributed by atoms with van der Waals surface area (Å²) in [6.07, 6.45) is 7.52. The molecule has 8 nitrogen and oxygen atoms in total. The molecular weight excluding hydrogens is 478 g/mol. The molecule has 8 heteroatoms. The van der Waals surface area contributed by atoms with Crippen LogP contribution in [0, 0.1) is 0 Å². The normalized spacial score (nSPS) is 21.2. The first-order valence-corrected chi connectivity index (χ1v) is 13.6. The number of nitrogens with one attached hydrogen (secondary N) is 3. The number of amides is 1. The van der Waals surface area contributed by atoms with Crippen LogP contribution in [0.2, 0.25) is 0 Å². The monoisotopic (exact) mass is 509 g/mol. The molecule has 0 spiro atoms. The summed E-state index contributed by atoms with van der Waals surface area (Å²) in [6, 6.07) is 15.7. The van der Waals surface area contributed by atoms with Gasteiger partial charge in [0.15, 0.2) is 5.65 Å². The minimum absolute atomic E-state index is 0.113. The molecule has 2 aliphatic heterocycles. The van der Waals surface area contributed by atoms with Gasteiger partial charge < -0.3 is 20.1 Å². The van der Waals surface area contributed by atoms with Crippen molar-refractivity contribution >= 4 is 16.9 Å². The van der Waals surface area contributed by atoms with Gasteiger partial charge in [0.05, 0.1) is 18.7 Å². The van der Waals surface area contributed by atoms with E-state index in [0.717, 1.165) is 66.8 Å². The number of hydrogen-bond acceptors (Lipinski definition) is 6. The van der Waals surface area contributed by atoms with Crippen molar-refractivity contribution in [3.63, 3.8) is 0 Å². The van der Waals surface area contributed by atoms with E-state index in [-0.39, 0.29) is 5.91 Å². The van der Waals surface area contributed by atoms with Crippen LogP contribution in [0.15, 0.2) is 48.7 Å². The zero-order valence-electron chi connectivity index (χ0n) is 21.3. The Hall–Kier alpha value is -3.75. The minimum atomic E-state index is -0.113. The lowest BCUT2D eigenvalue weighted by Gasteiger charge is -2.20. The fourth-order valence-corrected chi connectivity index (χ4v) is 5.93. The summed E-state index contributed by atoms with van der Waals surface area (Å²) < 4.78 is 11.4. The minimum Gasteiger partial charge on any atom is -0.491 e. The van der Waals surface area contributed by atoms with Gasteiger partial charge in [-0.15, -0.1) is 0 Å². The van der Waals surface area contributed by atoms with E-state index in [1.807, 2.05) is 18.3 Å². The average molecular weight is 510 g/mol. The number of fused-ring (bicyclic) bond motifs is 3. The van der Waals surface area contributed by atoms with E-state index in [2.05, 4.69) is 50.1 Å². The summed E-state index contributed by atoms with van der Waals surface area (Å²) in [5, 5.41) is 15.2. The molecule has 1 aliphatic carbocycles. The molecule has 1 saturated heterocycles. The van der Waals surface area contributed by atoms with Gasteiger partial charge in [-0.3, -0.25) is 9.89 Å². The lowest BCUT2D eigenvalue weighted by atomic mass is 9.96. The number of benzene rings is 2. The summed E-state index contributed by atoms with van der Waals surface area (Å²) in [4.78, 5) is 17.0. The van der Waals surface area contributed by atoms with Crippen molar-refractivity contribution in [3.05, 3.63) is 65.4 Å².